The number of carbonyl (C=O) groups excluding carboxylic acids is 3. The molecule has 0 heterocycles. The van der Waals surface area contributed by atoms with E-state index in [0.29, 0.717) is 5.56 Å². The summed E-state index contributed by atoms with van der Waals surface area (Å²) in [4.78, 5) is 34.0. The van der Waals surface area contributed by atoms with Gasteiger partial charge in [0.05, 0.1) is 5.56 Å². The van der Waals surface area contributed by atoms with Crippen LogP contribution in [0.4, 0.5) is 0 Å². The lowest BCUT2D eigenvalue weighted by Crippen LogP contribution is -2.14. The summed E-state index contributed by atoms with van der Waals surface area (Å²) in [6.45, 7) is 0. The van der Waals surface area contributed by atoms with E-state index in [4.69, 9.17) is 4.74 Å². The third-order valence-corrected chi connectivity index (χ3v) is 2.13. The van der Waals surface area contributed by atoms with Gasteiger partial charge in [0.1, 0.15) is 0 Å². The number of benzene rings is 1. The Morgan fingerprint density at radius 2 is 1.71 bits per heavy atom. The van der Waals surface area contributed by atoms with Crippen molar-refractivity contribution < 1.29 is 19.1 Å². The van der Waals surface area contributed by atoms with Crippen LogP contribution in [0.1, 0.15) is 10.4 Å². The van der Waals surface area contributed by atoms with Crippen LogP contribution in [0.5, 0.6) is 0 Å². The third kappa shape index (κ3) is 2.55. The van der Waals surface area contributed by atoms with E-state index in [0.717, 1.165) is 18.2 Å². The molecule has 0 spiro atoms. The van der Waals surface area contributed by atoms with Gasteiger partial charge in [-0.25, -0.2) is 4.79 Å². The summed E-state index contributed by atoms with van der Waals surface area (Å²) in [5.41, 5.74) is 0.322. The van der Waals surface area contributed by atoms with E-state index in [1.54, 1.807) is 30.3 Å². The first kappa shape index (κ1) is 11.0. The van der Waals surface area contributed by atoms with Gasteiger partial charge in [-0.15, -0.1) is 0 Å². The van der Waals surface area contributed by atoms with Gasteiger partial charge >= 0.3 is 5.97 Å². The molecule has 0 bridgehead atoms. The van der Waals surface area contributed by atoms with E-state index in [-0.39, 0.29) is 11.5 Å². The van der Waals surface area contributed by atoms with Crippen LogP contribution in [-0.2, 0) is 14.3 Å². The third-order valence-electron chi connectivity index (χ3n) is 2.13. The first-order valence-corrected chi connectivity index (χ1v) is 4.92. The van der Waals surface area contributed by atoms with Crippen LogP contribution in [0.25, 0.3) is 0 Å². The van der Waals surface area contributed by atoms with Gasteiger partial charge in [0.25, 0.3) is 0 Å². The van der Waals surface area contributed by atoms with Crippen LogP contribution in [0.3, 0.4) is 0 Å². The van der Waals surface area contributed by atoms with Gasteiger partial charge in [0, 0.05) is 6.08 Å². The maximum Gasteiger partial charge on any atom is 0.343 e. The molecule has 0 fully saturated rings. The first-order valence-electron chi connectivity index (χ1n) is 4.92. The number of hydrogen-bond acceptors (Lipinski definition) is 4. The summed E-state index contributed by atoms with van der Waals surface area (Å²) in [5.74, 6) is -1.77. The lowest BCUT2D eigenvalue weighted by molar-refractivity contribution is -0.116. The smallest absolute Gasteiger partial charge is 0.343 e. The van der Waals surface area contributed by atoms with Crippen LogP contribution >= 0.6 is 0 Å². The van der Waals surface area contributed by atoms with Crippen molar-refractivity contribution >= 4 is 17.5 Å². The van der Waals surface area contributed by atoms with Gasteiger partial charge < -0.3 is 4.74 Å². The predicted molar refractivity (Wildman–Crippen MR) is 59.1 cm³/mol. The van der Waals surface area contributed by atoms with Gasteiger partial charge in [0.15, 0.2) is 11.5 Å². The fraction of sp³-hybridized carbons (Fsp3) is 0. The molecule has 1 aliphatic rings. The minimum atomic E-state index is -0.659. The molecular weight excluding hydrogens is 220 g/mol. The number of allylic oxidation sites excluding steroid dienone is 3. The van der Waals surface area contributed by atoms with Crippen molar-refractivity contribution in [1.82, 2.24) is 0 Å². The molecule has 1 aliphatic carbocycles. The van der Waals surface area contributed by atoms with E-state index < -0.39 is 11.8 Å². The highest BCUT2D eigenvalue weighted by Gasteiger charge is 2.18. The van der Waals surface area contributed by atoms with Crippen LogP contribution in [0.15, 0.2) is 54.3 Å². The molecule has 4 heteroatoms. The molecule has 84 valence electrons. The Hall–Kier alpha value is -2.49. The summed E-state index contributed by atoms with van der Waals surface area (Å²) >= 11 is 0. The maximum absolute atomic E-state index is 11.6. The second-order valence-electron chi connectivity index (χ2n) is 3.36. The average Bonchev–Trinajstić information content (AvgIpc) is 2.35. The van der Waals surface area contributed by atoms with Crippen molar-refractivity contribution in [3.05, 3.63) is 59.9 Å². The second-order valence-corrected chi connectivity index (χ2v) is 3.36. The van der Waals surface area contributed by atoms with Crippen molar-refractivity contribution in [3.63, 3.8) is 0 Å². The van der Waals surface area contributed by atoms with Gasteiger partial charge in [-0.1, -0.05) is 18.2 Å². The Bertz CT molecular complexity index is 538. The Morgan fingerprint density at radius 1 is 1.00 bits per heavy atom. The van der Waals surface area contributed by atoms with Gasteiger partial charge in [0.2, 0.25) is 5.78 Å². The Morgan fingerprint density at radius 3 is 2.41 bits per heavy atom. The highest BCUT2D eigenvalue weighted by atomic mass is 16.5. The molecule has 4 nitrogen and oxygen atoms in total. The minimum Gasteiger partial charge on any atom is -0.419 e. The van der Waals surface area contributed by atoms with E-state index >= 15 is 0 Å². The Labute approximate surface area is 97.2 Å². The molecule has 0 saturated heterocycles. The number of hydrogen-bond donors (Lipinski definition) is 0. The van der Waals surface area contributed by atoms with Gasteiger partial charge in [-0.2, -0.15) is 0 Å². The molecule has 0 N–H and O–H groups in total. The van der Waals surface area contributed by atoms with Crippen molar-refractivity contribution in [2.75, 3.05) is 0 Å². The molecular formula is C13H8O4. The molecule has 17 heavy (non-hydrogen) atoms. The molecule has 1 aromatic carbocycles. The molecule has 0 aromatic heterocycles. The molecule has 0 aliphatic heterocycles. The summed E-state index contributed by atoms with van der Waals surface area (Å²) in [5, 5.41) is 0. The van der Waals surface area contributed by atoms with Crippen molar-refractivity contribution in [2.45, 2.75) is 0 Å². The molecule has 0 saturated carbocycles. The average molecular weight is 228 g/mol. The topological polar surface area (TPSA) is 60.4 Å². The number of rotatable bonds is 2. The van der Waals surface area contributed by atoms with Crippen LogP contribution in [-0.4, -0.2) is 17.5 Å². The summed E-state index contributed by atoms with van der Waals surface area (Å²) in [6, 6.07) is 8.24. The van der Waals surface area contributed by atoms with Crippen LogP contribution in [0, 0.1) is 0 Å². The predicted octanol–water partition coefficient (Wildman–Crippen LogP) is 1.44. The molecule has 0 amide bonds. The minimum absolute atomic E-state index is 0.244. The number of esters is 1. The second kappa shape index (κ2) is 4.57. The van der Waals surface area contributed by atoms with Crippen molar-refractivity contribution in [2.24, 2.45) is 0 Å². The Kier molecular flexibility index (Phi) is 2.96. The molecule has 0 radical (unpaired) electrons. The maximum atomic E-state index is 11.6. The zero-order chi connectivity index (χ0) is 12.3. The van der Waals surface area contributed by atoms with Gasteiger partial charge in [-0.3, -0.25) is 9.59 Å². The van der Waals surface area contributed by atoms with Crippen molar-refractivity contribution in [1.29, 1.82) is 0 Å². The largest absolute Gasteiger partial charge is 0.419 e. The van der Waals surface area contributed by atoms with Crippen LogP contribution < -0.4 is 0 Å². The number of carbonyl (C=O) groups is 3. The zero-order valence-electron chi connectivity index (χ0n) is 8.75. The highest BCUT2D eigenvalue weighted by molar-refractivity contribution is 6.17. The highest BCUT2D eigenvalue weighted by Crippen LogP contribution is 2.10. The number of ether oxygens (including phenoxy) is 1. The summed E-state index contributed by atoms with van der Waals surface area (Å²) < 4.78 is 4.86. The fourth-order valence-electron chi connectivity index (χ4n) is 1.30. The lowest BCUT2D eigenvalue weighted by atomic mass is 10.1. The molecule has 1 aromatic rings. The van der Waals surface area contributed by atoms with Crippen molar-refractivity contribution in [3.8, 4) is 0 Å². The molecule has 0 unspecified atom stereocenters. The van der Waals surface area contributed by atoms with E-state index in [9.17, 15) is 14.4 Å². The Balaban J connectivity index is 2.15. The lowest BCUT2D eigenvalue weighted by Gasteiger charge is -2.07. The molecule has 2 rings (SSSR count). The monoisotopic (exact) mass is 228 g/mol. The summed E-state index contributed by atoms with van der Waals surface area (Å²) in [7, 11) is 0. The normalized spacial score (nSPS) is 14.5. The standard InChI is InChI=1S/C13H8O4/c14-10-6-7-11(15)12(8-10)17-13(16)9-4-2-1-3-5-9/h1-8H. The first-order chi connectivity index (χ1) is 8.16. The quantitative estimate of drug-likeness (QED) is 0.567. The fourth-order valence-corrected chi connectivity index (χ4v) is 1.30. The zero-order valence-corrected chi connectivity index (χ0v) is 8.75. The van der Waals surface area contributed by atoms with E-state index in [1.165, 1.54) is 0 Å². The SMILES string of the molecule is O=C1C=CC(=O)C(OC(=O)c2ccccc2)=C1. The summed E-state index contributed by atoms with van der Waals surface area (Å²) in [6.07, 6.45) is 3.21. The number of ketones is 2. The van der Waals surface area contributed by atoms with Crippen LogP contribution in [0.2, 0.25) is 0 Å². The molecule has 0 atom stereocenters. The van der Waals surface area contributed by atoms with E-state index in [1.807, 2.05) is 0 Å². The van der Waals surface area contributed by atoms with Gasteiger partial charge in [-0.05, 0) is 24.3 Å². The van der Waals surface area contributed by atoms with E-state index in [2.05, 4.69) is 0 Å².